The van der Waals surface area contributed by atoms with Crippen molar-refractivity contribution in [3.05, 3.63) is 125 Å². The van der Waals surface area contributed by atoms with Crippen LogP contribution in [0.5, 0.6) is 11.5 Å². The molecule has 5 rings (SSSR count). The average molecular weight is 461 g/mol. The molecule has 0 spiro atoms. The van der Waals surface area contributed by atoms with Gasteiger partial charge in [0, 0.05) is 16.7 Å². The number of carbonyl (C=O) groups is 2. The van der Waals surface area contributed by atoms with Crippen LogP contribution in [0.1, 0.15) is 37.4 Å². The Hall–Kier alpha value is -4.44. The summed E-state index contributed by atoms with van der Waals surface area (Å²) >= 11 is 0. The highest BCUT2D eigenvalue weighted by Crippen LogP contribution is 2.36. The smallest absolute Gasteiger partial charge is 0.197 e. The van der Waals surface area contributed by atoms with Gasteiger partial charge in [0.25, 0.3) is 0 Å². The van der Waals surface area contributed by atoms with Crippen LogP contribution in [0, 0.1) is 0 Å². The quantitative estimate of drug-likeness (QED) is 0.177. The summed E-state index contributed by atoms with van der Waals surface area (Å²) in [4.78, 5) is 25.7. The molecule has 1 aliphatic carbocycles. The minimum absolute atomic E-state index is 0.155. The molecule has 172 valence electrons. The molecule has 4 nitrogen and oxygen atoms in total. The van der Waals surface area contributed by atoms with E-state index in [1.165, 1.54) is 0 Å². The summed E-state index contributed by atoms with van der Waals surface area (Å²) in [6.45, 7) is 4.25. The predicted octanol–water partition coefficient (Wildman–Crippen LogP) is 6.62. The summed E-state index contributed by atoms with van der Waals surface area (Å²) in [5, 5.41) is 2.29. The molecular weight excluding hydrogens is 436 g/mol. The lowest BCUT2D eigenvalue weighted by molar-refractivity contribution is 0.0990. The zero-order valence-electron chi connectivity index (χ0n) is 19.4. The first-order chi connectivity index (χ1) is 17.1. The van der Waals surface area contributed by atoms with Crippen LogP contribution in [0.2, 0.25) is 0 Å². The van der Waals surface area contributed by atoms with Crippen LogP contribution in [0.3, 0.4) is 0 Å². The molecule has 4 aromatic rings. The highest BCUT2D eigenvalue weighted by molar-refractivity contribution is 6.41. The number of allylic oxidation sites excluding steroid dienone is 2. The summed E-state index contributed by atoms with van der Waals surface area (Å²) in [7, 11) is 1.58. The standard InChI is InChI=1S/C31H24O4/c1-3-9-22-16-20(17-27-29(32)25-14-6-7-15-26(25)30(27)33)18-28(34-2)31(22)35-19-23-12-8-11-21-10-4-5-13-24(21)23/h3-8,10-18H,1,9,19H2,2H3. The van der Waals surface area contributed by atoms with Gasteiger partial charge in [-0.1, -0.05) is 72.8 Å². The van der Waals surface area contributed by atoms with E-state index in [4.69, 9.17) is 9.47 Å². The first kappa shape index (κ1) is 22.4. The monoisotopic (exact) mass is 460 g/mol. The molecule has 4 aromatic carbocycles. The van der Waals surface area contributed by atoms with Crippen molar-refractivity contribution in [1.82, 2.24) is 0 Å². The number of hydrogen-bond donors (Lipinski definition) is 0. The summed E-state index contributed by atoms with van der Waals surface area (Å²) < 4.78 is 12.0. The van der Waals surface area contributed by atoms with E-state index in [0.29, 0.717) is 41.2 Å². The third-order valence-electron chi connectivity index (χ3n) is 6.21. The molecule has 0 bridgehead atoms. The number of hydrogen-bond acceptors (Lipinski definition) is 4. The van der Waals surface area contributed by atoms with Crippen LogP contribution >= 0.6 is 0 Å². The fourth-order valence-electron chi connectivity index (χ4n) is 4.53. The maximum atomic E-state index is 12.8. The van der Waals surface area contributed by atoms with Crippen molar-refractivity contribution in [3.63, 3.8) is 0 Å². The molecule has 0 saturated carbocycles. The first-order valence-electron chi connectivity index (χ1n) is 11.4. The minimum Gasteiger partial charge on any atom is -0.493 e. The van der Waals surface area contributed by atoms with E-state index >= 15 is 0 Å². The van der Waals surface area contributed by atoms with E-state index in [2.05, 4.69) is 30.8 Å². The Kier molecular flexibility index (Phi) is 6.02. The normalized spacial score (nSPS) is 12.5. The maximum Gasteiger partial charge on any atom is 0.197 e. The lowest BCUT2D eigenvalue weighted by Gasteiger charge is -2.17. The van der Waals surface area contributed by atoms with Crippen LogP contribution in [-0.2, 0) is 13.0 Å². The fraction of sp³-hybridized carbons (Fsp3) is 0.0968. The number of ether oxygens (including phenoxy) is 2. The van der Waals surface area contributed by atoms with Gasteiger partial charge < -0.3 is 9.47 Å². The second-order valence-corrected chi connectivity index (χ2v) is 8.39. The number of fused-ring (bicyclic) bond motifs is 2. The zero-order chi connectivity index (χ0) is 24.4. The van der Waals surface area contributed by atoms with Gasteiger partial charge in [0.2, 0.25) is 0 Å². The van der Waals surface area contributed by atoms with Gasteiger partial charge in [-0.3, -0.25) is 9.59 Å². The molecule has 0 amide bonds. The summed E-state index contributed by atoms with van der Waals surface area (Å²) in [6, 6.07) is 24.9. The molecular formula is C31H24O4. The summed E-state index contributed by atoms with van der Waals surface area (Å²) in [5.41, 5.74) is 3.67. The highest BCUT2D eigenvalue weighted by Gasteiger charge is 2.32. The molecule has 0 saturated heterocycles. The van der Waals surface area contributed by atoms with Gasteiger partial charge in [-0.05, 0) is 46.5 Å². The Morgan fingerprint density at radius 1 is 0.829 bits per heavy atom. The molecule has 0 fully saturated rings. The number of benzene rings is 4. The lowest BCUT2D eigenvalue weighted by Crippen LogP contribution is -2.03. The van der Waals surface area contributed by atoms with Crippen molar-refractivity contribution in [2.24, 2.45) is 0 Å². The van der Waals surface area contributed by atoms with Gasteiger partial charge >= 0.3 is 0 Å². The number of Topliss-reactive ketones (excluding diaryl/α,β-unsaturated/α-hetero) is 2. The molecule has 35 heavy (non-hydrogen) atoms. The molecule has 0 atom stereocenters. The molecule has 0 N–H and O–H groups in total. The van der Waals surface area contributed by atoms with Crippen LogP contribution in [0.25, 0.3) is 16.8 Å². The van der Waals surface area contributed by atoms with Gasteiger partial charge in [-0.2, -0.15) is 0 Å². The molecule has 1 aliphatic rings. The van der Waals surface area contributed by atoms with Crippen LogP contribution in [0.4, 0.5) is 0 Å². The Bertz CT molecular complexity index is 1470. The molecule has 0 aromatic heterocycles. The largest absolute Gasteiger partial charge is 0.493 e. The molecule has 0 unspecified atom stereocenters. The van der Waals surface area contributed by atoms with E-state index in [1.807, 2.05) is 24.3 Å². The Labute approximate surface area is 204 Å². The number of ketones is 2. The van der Waals surface area contributed by atoms with E-state index in [1.54, 1.807) is 49.6 Å². The van der Waals surface area contributed by atoms with E-state index in [-0.39, 0.29) is 17.1 Å². The van der Waals surface area contributed by atoms with Crippen molar-refractivity contribution in [2.75, 3.05) is 7.11 Å². The maximum absolute atomic E-state index is 12.8. The molecule has 0 radical (unpaired) electrons. The lowest BCUT2D eigenvalue weighted by atomic mass is 10.0. The first-order valence-corrected chi connectivity index (χ1v) is 11.4. The SMILES string of the molecule is C=CCc1cc(C=C2C(=O)c3ccccc3C2=O)cc(OC)c1OCc1cccc2ccccc12. The van der Waals surface area contributed by atoms with E-state index in [9.17, 15) is 9.59 Å². The highest BCUT2D eigenvalue weighted by atomic mass is 16.5. The van der Waals surface area contributed by atoms with Crippen LogP contribution in [0.15, 0.2) is 97.1 Å². The van der Waals surface area contributed by atoms with Crippen LogP contribution < -0.4 is 9.47 Å². The van der Waals surface area contributed by atoms with Gasteiger partial charge in [0.15, 0.2) is 23.1 Å². The number of carbonyl (C=O) groups excluding carboxylic acids is 2. The van der Waals surface area contributed by atoms with Gasteiger partial charge in [0.05, 0.1) is 12.7 Å². The van der Waals surface area contributed by atoms with Gasteiger partial charge in [-0.25, -0.2) is 0 Å². The fourth-order valence-corrected chi connectivity index (χ4v) is 4.53. The van der Waals surface area contributed by atoms with Crippen molar-refractivity contribution < 1.29 is 19.1 Å². The third kappa shape index (κ3) is 4.15. The molecule has 0 heterocycles. The van der Waals surface area contributed by atoms with Crippen LogP contribution in [-0.4, -0.2) is 18.7 Å². The van der Waals surface area contributed by atoms with Crippen molar-refractivity contribution in [1.29, 1.82) is 0 Å². The Morgan fingerprint density at radius 3 is 2.23 bits per heavy atom. The molecule has 4 heteroatoms. The summed E-state index contributed by atoms with van der Waals surface area (Å²) in [6.07, 6.45) is 3.97. The second-order valence-electron chi connectivity index (χ2n) is 8.39. The topological polar surface area (TPSA) is 52.6 Å². The number of rotatable bonds is 7. The predicted molar refractivity (Wildman–Crippen MR) is 138 cm³/mol. The zero-order valence-corrected chi connectivity index (χ0v) is 19.4. The Balaban J connectivity index is 1.51. The second kappa shape index (κ2) is 9.43. The van der Waals surface area contributed by atoms with Crippen molar-refractivity contribution in [3.8, 4) is 11.5 Å². The van der Waals surface area contributed by atoms with Gasteiger partial charge in [0.1, 0.15) is 6.61 Å². The van der Waals surface area contributed by atoms with Crippen molar-refractivity contribution >= 4 is 28.4 Å². The third-order valence-corrected chi connectivity index (χ3v) is 6.21. The molecule has 0 aliphatic heterocycles. The minimum atomic E-state index is -0.258. The van der Waals surface area contributed by atoms with E-state index < -0.39 is 0 Å². The van der Waals surface area contributed by atoms with Gasteiger partial charge in [-0.15, -0.1) is 6.58 Å². The Morgan fingerprint density at radius 2 is 1.51 bits per heavy atom. The average Bonchev–Trinajstić information content (AvgIpc) is 3.13. The van der Waals surface area contributed by atoms with E-state index in [0.717, 1.165) is 21.9 Å². The summed E-state index contributed by atoms with van der Waals surface area (Å²) in [5.74, 6) is 0.638. The van der Waals surface area contributed by atoms with Crippen molar-refractivity contribution in [2.45, 2.75) is 13.0 Å². The number of methoxy groups -OCH3 is 1.